The van der Waals surface area contributed by atoms with E-state index >= 15 is 0 Å². The van der Waals surface area contributed by atoms with E-state index in [9.17, 15) is 8.42 Å². The van der Waals surface area contributed by atoms with Gasteiger partial charge in [0.15, 0.2) is 0 Å². The summed E-state index contributed by atoms with van der Waals surface area (Å²) in [6.07, 6.45) is 0. The Balaban J connectivity index is 5.37. The molecule has 0 saturated heterocycles. The minimum atomic E-state index is -3.66. The Labute approximate surface area is 84.7 Å². The first-order chi connectivity index (χ1) is 5.68. The summed E-state index contributed by atoms with van der Waals surface area (Å²) in [5.41, 5.74) is 1.24. The molecule has 76 valence electrons. The van der Waals surface area contributed by atoms with Gasteiger partial charge in [0.05, 0.1) is 4.91 Å². The highest BCUT2D eigenvalue weighted by Crippen LogP contribution is 2.28. The molecule has 0 fully saturated rings. The van der Waals surface area contributed by atoms with Gasteiger partial charge in [-0.15, -0.1) is 0 Å². The average molecular weight is 223 g/mol. The van der Waals surface area contributed by atoms with Crippen molar-refractivity contribution in [3.63, 3.8) is 0 Å². The first kappa shape index (κ1) is 12.7. The molecule has 0 heterocycles. The minimum absolute atomic E-state index is 0.0819. The Morgan fingerprint density at radius 2 is 1.69 bits per heavy atom. The van der Waals surface area contributed by atoms with Gasteiger partial charge in [0.2, 0.25) is 0 Å². The van der Waals surface area contributed by atoms with Gasteiger partial charge in [-0.3, -0.25) is 0 Å². The van der Waals surface area contributed by atoms with Crippen LogP contribution >= 0.6 is 10.7 Å². The summed E-state index contributed by atoms with van der Waals surface area (Å²) < 4.78 is 22.3. The van der Waals surface area contributed by atoms with Gasteiger partial charge >= 0.3 is 0 Å². The van der Waals surface area contributed by atoms with Crippen molar-refractivity contribution in [3.8, 4) is 0 Å². The van der Waals surface area contributed by atoms with Gasteiger partial charge in [-0.05, 0) is 25.3 Å². The molecule has 0 amide bonds. The first-order valence-corrected chi connectivity index (χ1v) is 6.30. The van der Waals surface area contributed by atoms with E-state index in [0.29, 0.717) is 11.1 Å². The molecule has 2 nitrogen and oxygen atoms in total. The lowest BCUT2D eigenvalue weighted by atomic mass is 10.0. The number of allylic oxidation sites excluding steroid dienone is 2. The molecule has 0 aliphatic rings. The van der Waals surface area contributed by atoms with E-state index < -0.39 is 9.05 Å². The summed E-state index contributed by atoms with van der Waals surface area (Å²) in [5.74, 6) is 0.0819. The zero-order valence-electron chi connectivity index (χ0n) is 8.39. The lowest BCUT2D eigenvalue weighted by molar-refractivity contribution is 0.613. The minimum Gasteiger partial charge on any atom is -0.207 e. The van der Waals surface area contributed by atoms with Gasteiger partial charge in [0.25, 0.3) is 9.05 Å². The lowest BCUT2D eigenvalue weighted by Gasteiger charge is -2.12. The zero-order chi connectivity index (χ0) is 10.8. The van der Waals surface area contributed by atoms with Gasteiger partial charge < -0.3 is 0 Å². The van der Waals surface area contributed by atoms with Crippen molar-refractivity contribution in [2.45, 2.75) is 27.7 Å². The van der Waals surface area contributed by atoms with Crippen LogP contribution in [0.3, 0.4) is 0 Å². The summed E-state index contributed by atoms with van der Waals surface area (Å²) in [5, 5.41) is 0. The van der Waals surface area contributed by atoms with Crippen LogP contribution in [0.5, 0.6) is 0 Å². The second kappa shape index (κ2) is 4.29. The predicted molar refractivity (Wildman–Crippen MR) is 57.1 cm³/mol. The molecule has 0 unspecified atom stereocenters. The van der Waals surface area contributed by atoms with E-state index in [1.807, 2.05) is 13.8 Å². The molecule has 0 saturated carbocycles. The maximum atomic E-state index is 11.2. The number of rotatable bonds is 3. The monoisotopic (exact) mass is 222 g/mol. The molecule has 0 aromatic carbocycles. The van der Waals surface area contributed by atoms with Gasteiger partial charge in [-0.2, -0.15) is 0 Å². The topological polar surface area (TPSA) is 34.1 Å². The van der Waals surface area contributed by atoms with E-state index in [0.717, 1.165) is 0 Å². The third-order valence-electron chi connectivity index (χ3n) is 1.69. The second-order valence-corrected chi connectivity index (χ2v) is 5.95. The first-order valence-electron chi connectivity index (χ1n) is 3.99. The highest BCUT2D eigenvalue weighted by molar-refractivity contribution is 8.17. The fourth-order valence-electron chi connectivity index (χ4n) is 0.984. The van der Waals surface area contributed by atoms with E-state index in [4.69, 9.17) is 10.7 Å². The molecule has 0 rings (SSSR count). The van der Waals surface area contributed by atoms with Crippen molar-refractivity contribution >= 4 is 19.7 Å². The van der Waals surface area contributed by atoms with E-state index in [1.54, 1.807) is 13.8 Å². The van der Waals surface area contributed by atoms with Crippen LogP contribution < -0.4 is 0 Å². The van der Waals surface area contributed by atoms with Crippen LogP contribution in [0, 0.1) is 5.92 Å². The smallest absolute Gasteiger partial charge is 0.207 e. The van der Waals surface area contributed by atoms with Crippen molar-refractivity contribution in [2.75, 3.05) is 0 Å². The van der Waals surface area contributed by atoms with Gasteiger partial charge in [-0.1, -0.05) is 26.0 Å². The number of hydrogen-bond donors (Lipinski definition) is 0. The SMILES string of the molecule is C=C(C(=C(C)C)S(=O)(=O)Cl)C(C)C. The van der Waals surface area contributed by atoms with E-state index in [1.165, 1.54) is 0 Å². The average Bonchev–Trinajstić information content (AvgIpc) is 1.82. The third-order valence-corrected chi connectivity index (χ3v) is 3.31. The Hall–Kier alpha value is -0.280. The van der Waals surface area contributed by atoms with Crippen LogP contribution in [0.15, 0.2) is 22.6 Å². The Morgan fingerprint density at radius 1 is 1.31 bits per heavy atom. The molecule has 13 heavy (non-hydrogen) atoms. The molecule has 0 bridgehead atoms. The summed E-state index contributed by atoms with van der Waals surface area (Å²) in [7, 11) is 1.63. The predicted octanol–water partition coefficient (Wildman–Crippen LogP) is 3.06. The number of halogens is 1. The summed E-state index contributed by atoms with van der Waals surface area (Å²) in [6, 6.07) is 0. The molecule has 0 aliphatic carbocycles. The highest BCUT2D eigenvalue weighted by atomic mass is 35.7. The largest absolute Gasteiger partial charge is 0.261 e. The molecule has 0 aromatic rings. The third kappa shape index (κ3) is 3.53. The molecule has 0 radical (unpaired) electrons. The standard InChI is InChI=1S/C9H15ClO2S/c1-6(2)8(5)9(7(3)4)13(10,11)12/h6H,5H2,1-4H3. The fourth-order valence-corrected chi connectivity index (χ4v) is 2.78. The van der Waals surface area contributed by atoms with Crippen LogP contribution in [0.4, 0.5) is 0 Å². The van der Waals surface area contributed by atoms with E-state index in [2.05, 4.69) is 6.58 Å². The molecule has 0 atom stereocenters. The molecular weight excluding hydrogens is 208 g/mol. The zero-order valence-corrected chi connectivity index (χ0v) is 9.96. The lowest BCUT2D eigenvalue weighted by Crippen LogP contribution is -2.05. The summed E-state index contributed by atoms with van der Waals surface area (Å²) in [4.78, 5) is 0.171. The van der Waals surface area contributed by atoms with E-state index in [-0.39, 0.29) is 10.8 Å². The second-order valence-electron chi connectivity index (χ2n) is 3.45. The van der Waals surface area contributed by atoms with Crippen molar-refractivity contribution < 1.29 is 8.42 Å². The van der Waals surface area contributed by atoms with Crippen LogP contribution in [0.25, 0.3) is 0 Å². The van der Waals surface area contributed by atoms with Crippen molar-refractivity contribution in [1.29, 1.82) is 0 Å². The Bertz CT molecular complexity index is 333. The number of hydrogen-bond acceptors (Lipinski definition) is 2. The molecule has 4 heteroatoms. The van der Waals surface area contributed by atoms with Crippen molar-refractivity contribution in [3.05, 3.63) is 22.6 Å². The maximum Gasteiger partial charge on any atom is 0.261 e. The van der Waals surface area contributed by atoms with Gasteiger partial charge in [-0.25, -0.2) is 8.42 Å². The molecule has 0 aromatic heterocycles. The highest BCUT2D eigenvalue weighted by Gasteiger charge is 2.20. The molecule has 0 aliphatic heterocycles. The maximum absolute atomic E-state index is 11.2. The van der Waals surface area contributed by atoms with Crippen molar-refractivity contribution in [2.24, 2.45) is 5.92 Å². The fraction of sp³-hybridized carbons (Fsp3) is 0.556. The Morgan fingerprint density at radius 3 is 1.77 bits per heavy atom. The quantitative estimate of drug-likeness (QED) is 0.543. The van der Waals surface area contributed by atoms with Crippen LogP contribution in [-0.4, -0.2) is 8.42 Å². The van der Waals surface area contributed by atoms with Crippen LogP contribution in [0.2, 0.25) is 0 Å². The molecule has 0 N–H and O–H groups in total. The van der Waals surface area contributed by atoms with Gasteiger partial charge in [0.1, 0.15) is 0 Å². The van der Waals surface area contributed by atoms with Crippen LogP contribution in [0.1, 0.15) is 27.7 Å². The normalized spacial score (nSPS) is 11.5. The van der Waals surface area contributed by atoms with Crippen LogP contribution in [-0.2, 0) is 9.05 Å². The summed E-state index contributed by atoms with van der Waals surface area (Å²) >= 11 is 0. The molecule has 0 spiro atoms. The molecular formula is C9H15ClO2S. The van der Waals surface area contributed by atoms with Crippen molar-refractivity contribution in [1.82, 2.24) is 0 Å². The van der Waals surface area contributed by atoms with Gasteiger partial charge in [0, 0.05) is 10.7 Å². The Kier molecular flexibility index (Phi) is 4.20. The summed E-state index contributed by atoms with van der Waals surface area (Å²) in [6.45, 7) is 10.9.